The van der Waals surface area contributed by atoms with Gasteiger partial charge in [0.05, 0.1) is 0 Å². The topological polar surface area (TPSA) is 64.3 Å². The summed E-state index contributed by atoms with van der Waals surface area (Å²) in [5.74, 6) is 0.887. The molecule has 108 valence electrons. The molecule has 0 saturated carbocycles. The van der Waals surface area contributed by atoms with Crippen LogP contribution in [0.5, 0.6) is 5.75 Å². The fourth-order valence-corrected chi connectivity index (χ4v) is 2.47. The molecule has 0 spiro atoms. The van der Waals surface area contributed by atoms with Crippen molar-refractivity contribution in [2.45, 2.75) is 26.4 Å². The van der Waals surface area contributed by atoms with Crippen LogP contribution in [0.4, 0.5) is 11.4 Å². The number of benzene rings is 2. The Balaban J connectivity index is 1.74. The van der Waals surface area contributed by atoms with E-state index in [4.69, 9.17) is 10.5 Å². The fraction of sp³-hybridized carbons (Fsp3) is 0.235. The van der Waals surface area contributed by atoms with E-state index in [0.29, 0.717) is 13.0 Å². The number of hydrogen-bond acceptors (Lipinski definition) is 3. The van der Waals surface area contributed by atoms with Crippen LogP contribution in [0.1, 0.15) is 23.1 Å². The molecule has 0 aliphatic carbocycles. The predicted octanol–water partition coefficient (Wildman–Crippen LogP) is 3.04. The van der Waals surface area contributed by atoms with E-state index in [1.807, 2.05) is 43.3 Å². The van der Waals surface area contributed by atoms with Crippen molar-refractivity contribution in [3.8, 4) is 5.75 Å². The number of carbonyl (C=O) groups excluding carboxylic acids is 1. The van der Waals surface area contributed by atoms with Crippen molar-refractivity contribution < 1.29 is 9.53 Å². The molecule has 0 radical (unpaired) electrons. The predicted molar refractivity (Wildman–Crippen MR) is 83.3 cm³/mol. The van der Waals surface area contributed by atoms with E-state index < -0.39 is 0 Å². The molecule has 1 heterocycles. The first kappa shape index (κ1) is 13.5. The van der Waals surface area contributed by atoms with Crippen molar-refractivity contribution >= 4 is 17.3 Å². The molecule has 4 heteroatoms. The van der Waals surface area contributed by atoms with Crippen molar-refractivity contribution in [2.24, 2.45) is 0 Å². The first-order valence-electron chi connectivity index (χ1n) is 7.03. The number of carbonyl (C=O) groups is 1. The first-order chi connectivity index (χ1) is 10.1. The van der Waals surface area contributed by atoms with Crippen LogP contribution in [0.15, 0.2) is 36.4 Å². The van der Waals surface area contributed by atoms with E-state index in [2.05, 4.69) is 5.32 Å². The zero-order chi connectivity index (χ0) is 14.8. The van der Waals surface area contributed by atoms with Crippen molar-refractivity contribution in [2.75, 3.05) is 11.1 Å². The number of nitrogen functional groups attached to an aromatic ring is 1. The van der Waals surface area contributed by atoms with Gasteiger partial charge in [0, 0.05) is 17.8 Å². The molecule has 0 aromatic heterocycles. The van der Waals surface area contributed by atoms with Crippen LogP contribution >= 0.6 is 0 Å². The minimum absolute atomic E-state index is 0.0755. The van der Waals surface area contributed by atoms with Crippen molar-refractivity contribution in [1.82, 2.24) is 0 Å². The van der Waals surface area contributed by atoms with E-state index in [-0.39, 0.29) is 5.91 Å². The van der Waals surface area contributed by atoms with Crippen molar-refractivity contribution in [3.63, 3.8) is 0 Å². The maximum Gasteiger partial charge on any atom is 0.224 e. The van der Waals surface area contributed by atoms with Gasteiger partial charge >= 0.3 is 0 Å². The summed E-state index contributed by atoms with van der Waals surface area (Å²) in [6.07, 6.45) is 1.29. The summed E-state index contributed by atoms with van der Waals surface area (Å²) in [6.45, 7) is 2.48. The molecular weight excluding hydrogens is 264 g/mol. The van der Waals surface area contributed by atoms with Gasteiger partial charge in [-0.25, -0.2) is 0 Å². The number of hydrogen-bond donors (Lipinski definition) is 2. The fourth-order valence-electron chi connectivity index (χ4n) is 2.47. The molecule has 3 rings (SSSR count). The van der Waals surface area contributed by atoms with Crippen LogP contribution in [-0.2, 0) is 17.8 Å². The third kappa shape index (κ3) is 2.84. The standard InChI is InChI=1S/C17H18N2O2/c1-11-13(3-2-4-15(11)18)10-21-14-6-7-16-12(9-14)5-8-17(20)19-16/h2-4,6-7,9H,5,8,10,18H2,1H3,(H,19,20). The highest BCUT2D eigenvalue weighted by molar-refractivity contribution is 5.93. The largest absolute Gasteiger partial charge is 0.489 e. The number of nitrogens with one attached hydrogen (secondary N) is 1. The third-order valence-corrected chi connectivity index (χ3v) is 3.85. The molecule has 0 fully saturated rings. The third-order valence-electron chi connectivity index (χ3n) is 3.85. The molecule has 3 N–H and O–H groups in total. The second kappa shape index (κ2) is 5.48. The number of rotatable bonds is 3. The Labute approximate surface area is 123 Å². The summed E-state index contributed by atoms with van der Waals surface area (Å²) in [7, 11) is 0. The lowest BCUT2D eigenvalue weighted by molar-refractivity contribution is -0.116. The van der Waals surface area contributed by atoms with Crippen molar-refractivity contribution in [3.05, 3.63) is 53.1 Å². The molecule has 0 saturated heterocycles. The molecule has 0 unspecified atom stereocenters. The number of anilines is 2. The maximum absolute atomic E-state index is 11.3. The van der Waals surface area contributed by atoms with E-state index in [1.54, 1.807) is 0 Å². The van der Waals surface area contributed by atoms with Gasteiger partial charge in [0.2, 0.25) is 5.91 Å². The van der Waals surface area contributed by atoms with Crippen LogP contribution in [0.25, 0.3) is 0 Å². The lowest BCUT2D eigenvalue weighted by Crippen LogP contribution is -2.18. The zero-order valence-electron chi connectivity index (χ0n) is 12.0. The average molecular weight is 282 g/mol. The molecule has 0 bridgehead atoms. The Morgan fingerprint density at radius 1 is 1.24 bits per heavy atom. The molecule has 2 aromatic carbocycles. The number of amides is 1. The van der Waals surface area contributed by atoms with Gasteiger partial charge in [0.15, 0.2) is 0 Å². The van der Waals surface area contributed by atoms with Gasteiger partial charge in [-0.2, -0.15) is 0 Å². The Hall–Kier alpha value is -2.49. The molecule has 21 heavy (non-hydrogen) atoms. The normalized spacial score (nSPS) is 13.5. The van der Waals surface area contributed by atoms with Crippen LogP contribution in [0.2, 0.25) is 0 Å². The van der Waals surface area contributed by atoms with Crippen LogP contribution in [0.3, 0.4) is 0 Å². The maximum atomic E-state index is 11.3. The summed E-state index contributed by atoms with van der Waals surface area (Å²) in [6, 6.07) is 11.6. The molecule has 2 aromatic rings. The average Bonchev–Trinajstić information content (AvgIpc) is 2.49. The second-order valence-electron chi connectivity index (χ2n) is 5.29. The summed E-state index contributed by atoms with van der Waals surface area (Å²) in [5, 5.41) is 2.87. The molecule has 1 aliphatic rings. The number of ether oxygens (including phenoxy) is 1. The Morgan fingerprint density at radius 2 is 2.10 bits per heavy atom. The monoisotopic (exact) mass is 282 g/mol. The second-order valence-corrected chi connectivity index (χ2v) is 5.29. The van der Waals surface area contributed by atoms with Crippen LogP contribution in [0, 0.1) is 6.92 Å². The summed E-state index contributed by atoms with van der Waals surface area (Å²) in [5.41, 5.74) is 10.8. The highest BCUT2D eigenvalue weighted by Gasteiger charge is 2.15. The van der Waals surface area contributed by atoms with E-state index in [9.17, 15) is 4.79 Å². The number of fused-ring (bicyclic) bond motifs is 1. The van der Waals surface area contributed by atoms with Gasteiger partial charge in [-0.3, -0.25) is 4.79 Å². The van der Waals surface area contributed by atoms with E-state index in [1.165, 1.54) is 0 Å². The molecule has 4 nitrogen and oxygen atoms in total. The van der Waals surface area contributed by atoms with Gasteiger partial charge in [-0.05, 0) is 54.3 Å². The van der Waals surface area contributed by atoms with E-state index >= 15 is 0 Å². The van der Waals surface area contributed by atoms with E-state index in [0.717, 1.165) is 40.2 Å². The summed E-state index contributed by atoms with van der Waals surface area (Å²) in [4.78, 5) is 11.3. The molecule has 0 atom stereocenters. The van der Waals surface area contributed by atoms with Gasteiger partial charge in [0.25, 0.3) is 0 Å². The lowest BCUT2D eigenvalue weighted by atomic mass is 10.0. The van der Waals surface area contributed by atoms with Crippen LogP contribution in [-0.4, -0.2) is 5.91 Å². The van der Waals surface area contributed by atoms with Crippen molar-refractivity contribution in [1.29, 1.82) is 0 Å². The zero-order valence-corrected chi connectivity index (χ0v) is 12.0. The number of nitrogens with two attached hydrogens (primary N) is 1. The highest BCUT2D eigenvalue weighted by atomic mass is 16.5. The Bertz CT molecular complexity index is 695. The Morgan fingerprint density at radius 3 is 2.95 bits per heavy atom. The molecular formula is C17H18N2O2. The minimum atomic E-state index is 0.0755. The van der Waals surface area contributed by atoms with Gasteiger partial charge in [0.1, 0.15) is 12.4 Å². The van der Waals surface area contributed by atoms with Gasteiger partial charge in [-0.1, -0.05) is 12.1 Å². The summed E-state index contributed by atoms with van der Waals surface area (Å²) < 4.78 is 5.85. The number of aryl methyl sites for hydroxylation is 1. The Kier molecular flexibility index (Phi) is 3.52. The van der Waals surface area contributed by atoms with Gasteiger partial charge < -0.3 is 15.8 Å². The minimum Gasteiger partial charge on any atom is -0.489 e. The molecule has 1 aliphatic heterocycles. The van der Waals surface area contributed by atoms with Crippen LogP contribution < -0.4 is 15.8 Å². The SMILES string of the molecule is Cc1c(N)cccc1COc1ccc2c(c1)CCC(=O)N2. The lowest BCUT2D eigenvalue weighted by Gasteiger charge is -2.18. The quantitative estimate of drug-likeness (QED) is 0.850. The highest BCUT2D eigenvalue weighted by Crippen LogP contribution is 2.27. The molecule has 1 amide bonds. The van der Waals surface area contributed by atoms with Gasteiger partial charge in [-0.15, -0.1) is 0 Å². The first-order valence-corrected chi connectivity index (χ1v) is 7.03. The summed E-state index contributed by atoms with van der Waals surface area (Å²) >= 11 is 0. The smallest absolute Gasteiger partial charge is 0.224 e.